The fourth-order valence-corrected chi connectivity index (χ4v) is 25.0. The summed E-state index contributed by atoms with van der Waals surface area (Å²) in [6.07, 6.45) is 0. The van der Waals surface area contributed by atoms with Gasteiger partial charge in [0.25, 0.3) is 0 Å². The Kier molecular flexibility index (Phi) is 21.9. The van der Waals surface area contributed by atoms with E-state index in [0.717, 1.165) is 127 Å². The van der Waals surface area contributed by atoms with E-state index in [1.165, 1.54) is 100 Å². The first-order chi connectivity index (χ1) is 73.0. The lowest BCUT2D eigenvalue weighted by Gasteiger charge is -2.41. The fraction of sp³-hybridized carbons (Fsp3) is 0.152. The molecular formula is C138H109N9O3. The molecule has 2 atom stereocenters. The van der Waals surface area contributed by atoms with Crippen molar-refractivity contribution in [1.29, 1.82) is 0 Å². The summed E-state index contributed by atoms with van der Waals surface area (Å²) in [6, 6.07) is 143. The molecule has 18 aromatic carbocycles. The number of hydrogen-bond donors (Lipinski definition) is 0. The molecule has 0 radical (unpaired) electrons. The van der Waals surface area contributed by atoms with Crippen molar-refractivity contribution in [3.05, 3.63) is 451 Å². The Labute approximate surface area is 873 Å². The van der Waals surface area contributed by atoms with Crippen LogP contribution in [0.1, 0.15) is 135 Å². The Morgan fingerprint density at radius 3 is 1.03 bits per heavy atom. The van der Waals surface area contributed by atoms with Crippen LogP contribution in [0.4, 0.5) is 0 Å². The summed E-state index contributed by atoms with van der Waals surface area (Å²) in [4.78, 5) is 45.8. The second kappa shape index (κ2) is 35.6. The van der Waals surface area contributed by atoms with Gasteiger partial charge in [0, 0.05) is 98.5 Å². The topological polar surface area (TPSA) is 155 Å². The molecule has 12 nitrogen and oxygen atoms in total. The maximum atomic E-state index is 6.93. The molecule has 0 aliphatic heterocycles. The number of benzene rings is 18. The van der Waals surface area contributed by atoms with Crippen LogP contribution in [-0.2, 0) is 21.7 Å². The van der Waals surface area contributed by atoms with Gasteiger partial charge in [0.2, 0.25) is 0 Å². The zero-order valence-corrected chi connectivity index (χ0v) is 86.2. The van der Waals surface area contributed by atoms with Gasteiger partial charge in [0.1, 0.15) is 33.5 Å². The summed E-state index contributed by atoms with van der Waals surface area (Å²) in [6.45, 7) is 30.5. The van der Waals surface area contributed by atoms with E-state index in [-0.39, 0.29) is 38.9 Å². The molecule has 150 heavy (non-hydrogen) atoms. The monoisotopic (exact) mass is 1940 g/mol. The highest BCUT2D eigenvalue weighted by Gasteiger charge is 2.53. The Bertz CT molecular complexity index is 9410. The van der Waals surface area contributed by atoms with E-state index >= 15 is 0 Å². The van der Waals surface area contributed by atoms with E-state index in [2.05, 4.69) is 339 Å². The van der Waals surface area contributed by atoms with E-state index in [9.17, 15) is 0 Å². The third kappa shape index (κ3) is 14.7. The van der Waals surface area contributed by atoms with E-state index in [1.54, 1.807) is 0 Å². The normalized spacial score (nSPS) is 15.2. The van der Waals surface area contributed by atoms with Crippen molar-refractivity contribution in [2.75, 3.05) is 0 Å². The van der Waals surface area contributed by atoms with Crippen LogP contribution in [0.25, 0.3) is 235 Å². The SMILES string of the molecule is CC(C)(C)C1(C)c2cc3oc4ccccc4c3cc2-c2c(-c3ccc(-c4nc(-c5ccccc5)nc(-c5ccccc5)n4)cc3)cccc21.CC(C)C1(C(C)C)c2ccccc2-c2cc3c(oc4ccccc43)c(-c3nc(-c4ccccc4)nc(-c4ccc5c(c4)C(C)(C)c4ccccc4-5)n3)c21.CC(C)C1(C)c2cc3oc4ccccc4c3cc2-c2c(-c3cccc(-c4nc(-c5ccccc5)nc(-c5ccccc5)n4)c3)cccc21. The van der Waals surface area contributed by atoms with Crippen LogP contribution in [0.5, 0.6) is 0 Å². The van der Waals surface area contributed by atoms with Crippen molar-refractivity contribution in [3.63, 3.8) is 0 Å². The van der Waals surface area contributed by atoms with Gasteiger partial charge in [-0.2, -0.15) is 0 Å². The molecule has 0 N–H and O–H groups in total. The highest BCUT2D eigenvalue weighted by Crippen LogP contribution is 2.64. The zero-order chi connectivity index (χ0) is 102. The van der Waals surface area contributed by atoms with E-state index < -0.39 is 0 Å². The molecule has 0 fully saturated rings. The lowest BCUT2D eigenvalue weighted by atomic mass is 9.62. The largest absolute Gasteiger partial charge is 0.456 e. The predicted octanol–water partition coefficient (Wildman–Crippen LogP) is 35.8. The van der Waals surface area contributed by atoms with Crippen molar-refractivity contribution >= 4 is 65.8 Å². The van der Waals surface area contributed by atoms with Crippen LogP contribution in [0.3, 0.4) is 0 Å². The van der Waals surface area contributed by atoms with Crippen LogP contribution < -0.4 is 0 Å². The Balaban J connectivity index is 0.000000114. The van der Waals surface area contributed by atoms with Gasteiger partial charge < -0.3 is 13.3 Å². The number of furan rings is 3. The first-order valence-electron chi connectivity index (χ1n) is 52.3. The number of fused-ring (bicyclic) bond motifs is 21. The fourth-order valence-electron chi connectivity index (χ4n) is 25.0. The number of rotatable bonds is 14. The average Bonchev–Trinajstić information content (AvgIpc) is 1.51. The molecule has 4 aliphatic carbocycles. The van der Waals surface area contributed by atoms with Crippen LogP contribution in [-0.4, -0.2) is 44.9 Å². The number of hydrogen-bond acceptors (Lipinski definition) is 12. The maximum absolute atomic E-state index is 6.93. The second-order valence-electron chi connectivity index (χ2n) is 43.4. The minimum Gasteiger partial charge on any atom is -0.456 e. The van der Waals surface area contributed by atoms with E-state index in [1.807, 2.05) is 158 Å². The van der Waals surface area contributed by atoms with Crippen LogP contribution >= 0.6 is 0 Å². The Morgan fingerprint density at radius 2 is 0.540 bits per heavy atom. The second-order valence-corrected chi connectivity index (χ2v) is 43.4. The Hall–Kier alpha value is -17.6. The standard InChI is InChI=1S/C49H41N3O.C45H35N3O.C44H33N3O/c1-28(2)49(29(3)4)39-22-14-11-19-33(39)36-27-37-35-20-12-15-23-41(35)53-44(37)42(43(36)49)47-51-45(30-16-8-7-9-17-30)50-46(52-47)31-24-25-34-32-18-10-13-21-38(32)48(5,6)40(34)26-31;1-44(2,3)45(4)36-20-13-19-32(40(36)35-26-34-33-18-11-12-21-38(33)49-39(34)27-37(35)45)28-22-24-31(25-23-28)43-47-41(29-14-7-5-8-15-29)46-42(48-43)30-16-9-6-10-17-30;1-27(2)44(3)36-22-13-21-32(40(36)35-25-34-33-20-10-11-23-38(33)48-39(34)26-37(35)44)30-18-12-19-31(24-30)43-46-41(28-14-6-4-7-15-28)45-42(47-43)29-16-8-5-9-17-29/h7-29H,1-6H3;5-27H,1-4H3;4-27H,1-3H3. The minimum atomic E-state index is -0.308. The molecule has 0 saturated heterocycles. The average molecular weight is 1940 g/mol. The highest BCUT2D eigenvalue weighted by atomic mass is 16.3. The van der Waals surface area contributed by atoms with Gasteiger partial charge in [-0.25, -0.2) is 44.9 Å². The summed E-state index contributed by atoms with van der Waals surface area (Å²) < 4.78 is 19.7. The van der Waals surface area contributed by atoms with Crippen molar-refractivity contribution in [1.82, 2.24) is 44.9 Å². The van der Waals surface area contributed by atoms with Gasteiger partial charge in [-0.15, -0.1) is 0 Å². The summed E-state index contributed by atoms with van der Waals surface area (Å²) in [7, 11) is 0. The smallest absolute Gasteiger partial charge is 0.168 e. The molecule has 4 aliphatic rings. The quantitative estimate of drug-likeness (QED) is 0.102. The van der Waals surface area contributed by atoms with Gasteiger partial charge in [-0.1, -0.05) is 436 Å². The number of nitrogens with zero attached hydrogens (tertiary/aromatic N) is 9. The van der Waals surface area contributed by atoms with Gasteiger partial charge >= 0.3 is 0 Å². The molecule has 2 unspecified atom stereocenters. The third-order valence-electron chi connectivity index (χ3n) is 33.1. The molecule has 12 heteroatoms. The summed E-state index contributed by atoms with van der Waals surface area (Å²) in [5, 5.41) is 6.77. The predicted molar refractivity (Wildman–Crippen MR) is 613 cm³/mol. The summed E-state index contributed by atoms with van der Waals surface area (Å²) in [5.41, 5.74) is 38.6. The van der Waals surface area contributed by atoms with Crippen molar-refractivity contribution in [2.24, 2.45) is 23.2 Å². The van der Waals surface area contributed by atoms with Crippen molar-refractivity contribution < 1.29 is 13.3 Å². The van der Waals surface area contributed by atoms with Crippen molar-refractivity contribution in [3.8, 4) is 169 Å². The first-order valence-corrected chi connectivity index (χ1v) is 52.3. The third-order valence-corrected chi connectivity index (χ3v) is 33.1. The molecule has 28 rings (SSSR count). The van der Waals surface area contributed by atoms with Gasteiger partial charge in [-0.05, 0) is 195 Å². The molecule has 0 spiro atoms. The van der Waals surface area contributed by atoms with Crippen LogP contribution in [0, 0.1) is 23.2 Å². The zero-order valence-electron chi connectivity index (χ0n) is 86.2. The Morgan fingerprint density at radius 1 is 0.207 bits per heavy atom. The first kappa shape index (κ1) is 92.3. The van der Waals surface area contributed by atoms with E-state index in [4.69, 9.17) is 58.1 Å². The molecule has 24 aromatic rings. The molecule has 724 valence electrons. The molecular weight excluding hydrogens is 1830 g/mol. The lowest BCUT2D eigenvalue weighted by molar-refractivity contribution is 0.255. The highest BCUT2D eigenvalue weighted by molar-refractivity contribution is 6.15. The number of aromatic nitrogens is 9. The van der Waals surface area contributed by atoms with Crippen LogP contribution in [0.15, 0.2) is 420 Å². The lowest BCUT2D eigenvalue weighted by Crippen LogP contribution is -2.37. The van der Waals surface area contributed by atoms with Crippen LogP contribution in [0.2, 0.25) is 0 Å². The summed E-state index contributed by atoms with van der Waals surface area (Å²) >= 11 is 0. The van der Waals surface area contributed by atoms with Gasteiger partial charge in [0.15, 0.2) is 52.4 Å². The van der Waals surface area contributed by atoms with Gasteiger partial charge in [-0.3, -0.25) is 0 Å². The minimum absolute atomic E-state index is 0.0409. The van der Waals surface area contributed by atoms with Gasteiger partial charge in [0.05, 0.1) is 5.56 Å². The number of para-hydroxylation sites is 3. The molecule has 0 saturated carbocycles. The molecule has 0 bridgehead atoms. The maximum Gasteiger partial charge on any atom is 0.168 e. The molecule has 6 aromatic heterocycles. The van der Waals surface area contributed by atoms with E-state index in [0.29, 0.717) is 58.3 Å². The molecule has 0 amide bonds. The summed E-state index contributed by atoms with van der Waals surface area (Å²) in [5.74, 6) is 6.79. The molecule has 6 heterocycles. The van der Waals surface area contributed by atoms with Crippen molar-refractivity contribution in [2.45, 2.75) is 112 Å².